The summed E-state index contributed by atoms with van der Waals surface area (Å²) in [4.78, 5) is 7.10. The third-order valence-electron chi connectivity index (χ3n) is 3.84. The fraction of sp³-hybridized carbons (Fsp3) is 0.588. The van der Waals surface area contributed by atoms with Crippen LogP contribution in [0.15, 0.2) is 23.8 Å². The number of methoxy groups -OCH3 is 1. The number of aryl methyl sites for hydroxylation is 1. The lowest BCUT2D eigenvalue weighted by Crippen LogP contribution is -2.30. The number of rotatable bonds is 6. The first-order valence-electron chi connectivity index (χ1n) is 7.72. The molecule has 116 valence electrons. The van der Waals surface area contributed by atoms with Crippen molar-refractivity contribution in [2.45, 2.75) is 39.8 Å². The molecule has 0 unspecified atom stereocenters. The fourth-order valence-electron chi connectivity index (χ4n) is 2.49. The predicted molar refractivity (Wildman–Crippen MR) is 87.7 cm³/mol. The van der Waals surface area contributed by atoms with Crippen LogP contribution in [0, 0.1) is 6.92 Å². The van der Waals surface area contributed by atoms with E-state index in [0.29, 0.717) is 6.04 Å². The van der Waals surface area contributed by atoms with Crippen LogP contribution >= 0.6 is 0 Å². The Kier molecular flexibility index (Phi) is 5.76. The van der Waals surface area contributed by atoms with Crippen LogP contribution < -0.4 is 10.2 Å². The van der Waals surface area contributed by atoms with Gasteiger partial charge in [0.15, 0.2) is 0 Å². The standard InChI is InChI=1S/C17H27N3O/c1-13(2)18-11-16-5-6-17(19-14(16)3)20-9-7-15(8-10-20)12-21-4/h5-7,13,18H,8-12H2,1-4H3. The maximum atomic E-state index is 5.19. The van der Waals surface area contributed by atoms with Gasteiger partial charge in [-0.2, -0.15) is 0 Å². The van der Waals surface area contributed by atoms with Crippen LogP contribution in [-0.4, -0.2) is 37.8 Å². The van der Waals surface area contributed by atoms with E-state index < -0.39 is 0 Å². The lowest BCUT2D eigenvalue weighted by atomic mass is 10.1. The highest BCUT2D eigenvalue weighted by Crippen LogP contribution is 2.19. The number of pyridine rings is 1. The van der Waals surface area contributed by atoms with Crippen molar-refractivity contribution in [3.63, 3.8) is 0 Å². The first-order valence-corrected chi connectivity index (χ1v) is 7.72. The van der Waals surface area contributed by atoms with Gasteiger partial charge in [-0.1, -0.05) is 26.0 Å². The maximum Gasteiger partial charge on any atom is 0.129 e. The summed E-state index contributed by atoms with van der Waals surface area (Å²) >= 11 is 0. The number of hydrogen-bond donors (Lipinski definition) is 1. The van der Waals surface area contributed by atoms with E-state index in [-0.39, 0.29) is 0 Å². The van der Waals surface area contributed by atoms with Gasteiger partial charge in [-0.15, -0.1) is 0 Å². The molecule has 0 aliphatic carbocycles. The minimum atomic E-state index is 0.496. The Morgan fingerprint density at radius 2 is 2.19 bits per heavy atom. The fourth-order valence-corrected chi connectivity index (χ4v) is 2.49. The average molecular weight is 289 g/mol. The van der Waals surface area contributed by atoms with E-state index in [4.69, 9.17) is 9.72 Å². The molecule has 2 rings (SSSR count). The zero-order chi connectivity index (χ0) is 15.2. The van der Waals surface area contributed by atoms with Crippen molar-refractivity contribution >= 4 is 5.82 Å². The molecular formula is C17H27N3O. The molecule has 1 aliphatic heterocycles. The zero-order valence-corrected chi connectivity index (χ0v) is 13.6. The van der Waals surface area contributed by atoms with Crippen LogP contribution in [0.4, 0.5) is 5.82 Å². The van der Waals surface area contributed by atoms with Gasteiger partial charge in [0.25, 0.3) is 0 Å². The molecule has 2 heterocycles. The summed E-state index contributed by atoms with van der Waals surface area (Å²) in [5.41, 5.74) is 3.79. The summed E-state index contributed by atoms with van der Waals surface area (Å²) < 4.78 is 5.19. The van der Waals surface area contributed by atoms with Crippen LogP contribution in [-0.2, 0) is 11.3 Å². The summed E-state index contributed by atoms with van der Waals surface area (Å²) in [6, 6.07) is 4.83. The molecule has 4 heteroatoms. The highest BCUT2D eigenvalue weighted by atomic mass is 16.5. The van der Waals surface area contributed by atoms with Crippen LogP contribution in [0.5, 0.6) is 0 Å². The number of anilines is 1. The lowest BCUT2D eigenvalue weighted by molar-refractivity contribution is 0.222. The zero-order valence-electron chi connectivity index (χ0n) is 13.6. The Balaban J connectivity index is 2.00. The van der Waals surface area contributed by atoms with Gasteiger partial charge >= 0.3 is 0 Å². The Labute approximate surface area is 128 Å². The van der Waals surface area contributed by atoms with Gasteiger partial charge in [-0.3, -0.25) is 0 Å². The molecule has 21 heavy (non-hydrogen) atoms. The normalized spacial score (nSPS) is 15.5. The molecule has 0 atom stereocenters. The molecule has 0 fully saturated rings. The Morgan fingerprint density at radius 1 is 1.38 bits per heavy atom. The van der Waals surface area contributed by atoms with Gasteiger partial charge in [-0.25, -0.2) is 4.98 Å². The number of aromatic nitrogens is 1. The molecule has 1 aliphatic rings. The first-order chi connectivity index (χ1) is 10.1. The van der Waals surface area contributed by atoms with Crippen LogP contribution in [0.25, 0.3) is 0 Å². The second-order valence-electron chi connectivity index (χ2n) is 5.94. The molecule has 0 bridgehead atoms. The van der Waals surface area contributed by atoms with Crippen molar-refractivity contribution in [3.05, 3.63) is 35.0 Å². The lowest BCUT2D eigenvalue weighted by Gasteiger charge is -2.28. The molecular weight excluding hydrogens is 262 g/mol. The number of nitrogens with zero attached hydrogens (tertiary/aromatic N) is 2. The Bertz CT molecular complexity index is 497. The van der Waals surface area contributed by atoms with Gasteiger partial charge in [-0.05, 0) is 30.5 Å². The third-order valence-corrected chi connectivity index (χ3v) is 3.84. The van der Waals surface area contributed by atoms with Gasteiger partial charge in [0.2, 0.25) is 0 Å². The van der Waals surface area contributed by atoms with Crippen molar-refractivity contribution < 1.29 is 4.74 Å². The van der Waals surface area contributed by atoms with E-state index in [1.54, 1.807) is 7.11 Å². The molecule has 0 saturated carbocycles. The molecule has 0 amide bonds. The molecule has 1 aromatic heterocycles. The summed E-state index contributed by atoms with van der Waals surface area (Å²) in [6.07, 6.45) is 3.32. The van der Waals surface area contributed by atoms with Crippen molar-refractivity contribution in [2.75, 3.05) is 31.7 Å². The molecule has 0 saturated heterocycles. The van der Waals surface area contributed by atoms with Crippen LogP contribution in [0.3, 0.4) is 0 Å². The summed E-state index contributed by atoms with van der Waals surface area (Å²) in [5, 5.41) is 3.44. The van der Waals surface area contributed by atoms with Crippen molar-refractivity contribution in [3.8, 4) is 0 Å². The highest BCUT2D eigenvalue weighted by molar-refractivity contribution is 5.44. The van der Waals surface area contributed by atoms with Crippen molar-refractivity contribution in [2.24, 2.45) is 0 Å². The summed E-state index contributed by atoms with van der Waals surface area (Å²) in [6.45, 7) is 10.00. The van der Waals surface area contributed by atoms with E-state index in [9.17, 15) is 0 Å². The maximum absolute atomic E-state index is 5.19. The third kappa shape index (κ3) is 4.55. The van der Waals surface area contributed by atoms with Gasteiger partial charge in [0, 0.05) is 38.5 Å². The molecule has 4 nitrogen and oxygen atoms in total. The van der Waals surface area contributed by atoms with Crippen molar-refractivity contribution in [1.82, 2.24) is 10.3 Å². The Morgan fingerprint density at radius 3 is 2.76 bits per heavy atom. The number of nitrogens with one attached hydrogen (secondary N) is 1. The quantitative estimate of drug-likeness (QED) is 0.817. The molecule has 1 aromatic rings. The summed E-state index contributed by atoms with van der Waals surface area (Å²) in [5.74, 6) is 1.08. The van der Waals surface area contributed by atoms with Crippen LogP contribution in [0.2, 0.25) is 0 Å². The van der Waals surface area contributed by atoms with Gasteiger partial charge in [0.1, 0.15) is 5.82 Å². The molecule has 1 N–H and O–H groups in total. The van der Waals surface area contributed by atoms with E-state index in [0.717, 1.165) is 44.2 Å². The second-order valence-corrected chi connectivity index (χ2v) is 5.94. The van der Waals surface area contributed by atoms with Gasteiger partial charge < -0.3 is 15.0 Å². The second kappa shape index (κ2) is 7.57. The average Bonchev–Trinajstić information content (AvgIpc) is 2.47. The monoisotopic (exact) mass is 289 g/mol. The first kappa shape index (κ1) is 16.0. The minimum absolute atomic E-state index is 0.496. The van der Waals surface area contributed by atoms with E-state index in [2.05, 4.69) is 49.2 Å². The topological polar surface area (TPSA) is 37.4 Å². The Hall–Kier alpha value is -1.39. The highest BCUT2D eigenvalue weighted by Gasteiger charge is 2.14. The minimum Gasteiger partial charge on any atom is -0.380 e. The smallest absolute Gasteiger partial charge is 0.129 e. The summed E-state index contributed by atoms with van der Waals surface area (Å²) in [7, 11) is 1.75. The number of ether oxygens (including phenoxy) is 1. The largest absolute Gasteiger partial charge is 0.380 e. The van der Waals surface area contributed by atoms with E-state index >= 15 is 0 Å². The van der Waals surface area contributed by atoms with Crippen LogP contribution in [0.1, 0.15) is 31.5 Å². The van der Waals surface area contributed by atoms with Gasteiger partial charge in [0.05, 0.1) is 6.61 Å². The predicted octanol–water partition coefficient (Wildman–Crippen LogP) is 2.67. The molecule has 0 radical (unpaired) electrons. The SMILES string of the molecule is COCC1=CCN(c2ccc(CNC(C)C)c(C)n2)CC1. The van der Waals surface area contributed by atoms with E-state index in [1.807, 2.05) is 0 Å². The molecule has 0 aromatic carbocycles. The number of hydrogen-bond acceptors (Lipinski definition) is 4. The van der Waals surface area contributed by atoms with Crippen molar-refractivity contribution in [1.29, 1.82) is 0 Å². The molecule has 0 spiro atoms. The van der Waals surface area contributed by atoms with E-state index in [1.165, 1.54) is 11.1 Å².